The molecule has 0 bridgehead atoms. The second-order valence-electron chi connectivity index (χ2n) is 5.05. The zero-order valence-corrected chi connectivity index (χ0v) is 12.7. The van der Waals surface area contributed by atoms with Gasteiger partial charge in [-0.2, -0.15) is 11.8 Å². The number of sulfone groups is 1. The number of thioether (sulfide) groups is 1. The molecule has 5 heteroatoms. The molecule has 0 aromatic rings. The molecule has 0 aromatic heterocycles. The van der Waals surface area contributed by atoms with Gasteiger partial charge < -0.3 is 5.32 Å². The first-order valence-corrected chi connectivity index (χ1v) is 9.69. The highest BCUT2D eigenvalue weighted by atomic mass is 32.2. The minimum absolute atomic E-state index is 0.105. The van der Waals surface area contributed by atoms with Crippen molar-refractivity contribution in [1.29, 1.82) is 0 Å². The van der Waals surface area contributed by atoms with E-state index in [0.717, 1.165) is 31.4 Å². The van der Waals surface area contributed by atoms with Crippen LogP contribution in [0.2, 0.25) is 0 Å². The van der Waals surface area contributed by atoms with Gasteiger partial charge in [0.1, 0.15) is 9.84 Å². The van der Waals surface area contributed by atoms with E-state index in [1.54, 1.807) is 0 Å². The highest BCUT2D eigenvalue weighted by Gasteiger charge is 2.32. The Morgan fingerprint density at radius 2 is 2.12 bits per heavy atom. The molecule has 102 valence electrons. The highest BCUT2D eigenvalue weighted by molar-refractivity contribution is 7.98. The van der Waals surface area contributed by atoms with Crippen molar-refractivity contribution in [2.45, 2.75) is 43.4 Å². The Hall–Kier alpha value is 0.260. The highest BCUT2D eigenvalue weighted by Crippen LogP contribution is 2.31. The third-order valence-electron chi connectivity index (χ3n) is 3.84. The van der Waals surface area contributed by atoms with Crippen LogP contribution in [-0.2, 0) is 9.84 Å². The van der Waals surface area contributed by atoms with Gasteiger partial charge in [-0.1, -0.05) is 6.42 Å². The van der Waals surface area contributed by atoms with Crippen LogP contribution in [0.5, 0.6) is 0 Å². The Kier molecular flexibility index (Phi) is 6.31. The van der Waals surface area contributed by atoms with E-state index < -0.39 is 9.84 Å². The van der Waals surface area contributed by atoms with E-state index in [-0.39, 0.29) is 5.25 Å². The zero-order valence-electron chi connectivity index (χ0n) is 11.1. The van der Waals surface area contributed by atoms with Crippen LogP contribution in [0, 0.1) is 5.92 Å². The van der Waals surface area contributed by atoms with Gasteiger partial charge in [-0.15, -0.1) is 0 Å². The smallest absolute Gasteiger partial charge is 0.150 e. The summed E-state index contributed by atoms with van der Waals surface area (Å²) < 4.78 is 23.3. The molecule has 1 aliphatic carbocycles. The number of hydrogen-bond donors (Lipinski definition) is 1. The van der Waals surface area contributed by atoms with Crippen molar-refractivity contribution in [3.63, 3.8) is 0 Å². The lowest BCUT2D eigenvalue weighted by Crippen LogP contribution is -2.39. The van der Waals surface area contributed by atoms with Crippen molar-refractivity contribution < 1.29 is 8.42 Å². The molecule has 3 unspecified atom stereocenters. The summed E-state index contributed by atoms with van der Waals surface area (Å²) in [5, 5.41) is 3.27. The molecule has 0 spiro atoms. The van der Waals surface area contributed by atoms with Crippen molar-refractivity contribution in [2.75, 3.05) is 25.3 Å². The molecule has 1 fully saturated rings. The SMILES string of the molecule is CNC(CCSC)C1CCCC(S(C)(=O)=O)C1. The first kappa shape index (κ1) is 15.3. The van der Waals surface area contributed by atoms with Gasteiger partial charge in [0.15, 0.2) is 0 Å². The maximum absolute atomic E-state index is 11.6. The third kappa shape index (κ3) is 4.79. The average Bonchev–Trinajstić information content (AvgIpc) is 2.29. The Morgan fingerprint density at radius 1 is 1.41 bits per heavy atom. The second kappa shape index (κ2) is 7.00. The van der Waals surface area contributed by atoms with Gasteiger partial charge in [0.25, 0.3) is 0 Å². The van der Waals surface area contributed by atoms with Crippen LogP contribution in [0.3, 0.4) is 0 Å². The Balaban J connectivity index is 2.58. The third-order valence-corrected chi connectivity index (χ3v) is 6.13. The van der Waals surface area contributed by atoms with E-state index in [9.17, 15) is 8.42 Å². The zero-order chi connectivity index (χ0) is 12.9. The lowest BCUT2D eigenvalue weighted by atomic mass is 9.82. The summed E-state index contributed by atoms with van der Waals surface area (Å²) in [5.41, 5.74) is 0. The molecule has 0 amide bonds. The van der Waals surface area contributed by atoms with E-state index in [2.05, 4.69) is 11.6 Å². The fourth-order valence-electron chi connectivity index (χ4n) is 2.80. The lowest BCUT2D eigenvalue weighted by Gasteiger charge is -2.33. The second-order valence-corrected chi connectivity index (χ2v) is 8.37. The molecule has 1 saturated carbocycles. The van der Waals surface area contributed by atoms with Crippen LogP contribution < -0.4 is 5.32 Å². The predicted molar refractivity (Wildman–Crippen MR) is 76.4 cm³/mol. The quantitative estimate of drug-likeness (QED) is 0.807. The maximum atomic E-state index is 11.6. The van der Waals surface area contributed by atoms with Gasteiger partial charge in [-0.3, -0.25) is 0 Å². The summed E-state index contributed by atoms with van der Waals surface area (Å²) >= 11 is 1.86. The summed E-state index contributed by atoms with van der Waals surface area (Å²) in [6, 6.07) is 0.479. The number of hydrogen-bond acceptors (Lipinski definition) is 4. The maximum Gasteiger partial charge on any atom is 0.150 e. The Bertz CT molecular complexity index is 316. The van der Waals surface area contributed by atoms with Crippen LogP contribution >= 0.6 is 11.8 Å². The normalized spacial score (nSPS) is 27.9. The summed E-state index contributed by atoms with van der Waals surface area (Å²) in [6.45, 7) is 0. The fourth-order valence-corrected chi connectivity index (χ4v) is 4.48. The van der Waals surface area contributed by atoms with E-state index in [4.69, 9.17) is 0 Å². The summed E-state index contributed by atoms with van der Waals surface area (Å²) in [4.78, 5) is 0. The standard InChI is InChI=1S/C12H25NO2S2/c1-13-12(7-8-16-2)10-5-4-6-11(9-10)17(3,14)15/h10-13H,4-9H2,1-3H3. The molecule has 0 aliphatic heterocycles. The monoisotopic (exact) mass is 279 g/mol. The molecule has 1 rings (SSSR count). The van der Waals surface area contributed by atoms with Crippen molar-refractivity contribution in [3.05, 3.63) is 0 Å². The minimum Gasteiger partial charge on any atom is -0.317 e. The van der Waals surface area contributed by atoms with E-state index >= 15 is 0 Å². The molecule has 0 aromatic carbocycles. The van der Waals surface area contributed by atoms with Crippen LogP contribution in [0.25, 0.3) is 0 Å². The molecule has 3 atom stereocenters. The molecule has 0 radical (unpaired) electrons. The van der Waals surface area contributed by atoms with Gasteiger partial charge in [-0.05, 0) is 50.7 Å². The van der Waals surface area contributed by atoms with Crippen molar-refractivity contribution in [3.8, 4) is 0 Å². The topological polar surface area (TPSA) is 46.2 Å². The molecule has 17 heavy (non-hydrogen) atoms. The molecule has 1 N–H and O–H groups in total. The van der Waals surface area contributed by atoms with Crippen LogP contribution in [0.15, 0.2) is 0 Å². The van der Waals surface area contributed by atoms with Crippen molar-refractivity contribution in [2.24, 2.45) is 5.92 Å². The van der Waals surface area contributed by atoms with Gasteiger partial charge in [0.2, 0.25) is 0 Å². The van der Waals surface area contributed by atoms with Gasteiger partial charge >= 0.3 is 0 Å². The van der Waals surface area contributed by atoms with Crippen LogP contribution in [0.1, 0.15) is 32.1 Å². The van der Waals surface area contributed by atoms with Crippen LogP contribution in [-0.4, -0.2) is 45.0 Å². The van der Waals surface area contributed by atoms with Crippen LogP contribution in [0.4, 0.5) is 0 Å². The van der Waals surface area contributed by atoms with Gasteiger partial charge in [0.05, 0.1) is 5.25 Å². The van der Waals surface area contributed by atoms with Crippen molar-refractivity contribution >= 4 is 21.6 Å². The predicted octanol–water partition coefficient (Wildman–Crippen LogP) is 1.93. The first-order chi connectivity index (χ1) is 7.99. The van der Waals surface area contributed by atoms with Gasteiger partial charge in [0, 0.05) is 12.3 Å². The first-order valence-electron chi connectivity index (χ1n) is 6.34. The average molecular weight is 279 g/mol. The van der Waals surface area contributed by atoms with E-state index in [1.165, 1.54) is 12.7 Å². The van der Waals surface area contributed by atoms with Gasteiger partial charge in [-0.25, -0.2) is 8.42 Å². The molecule has 1 aliphatic rings. The summed E-state index contributed by atoms with van der Waals surface area (Å²) in [7, 11) is -0.859. The molecule has 0 saturated heterocycles. The van der Waals surface area contributed by atoms with E-state index in [1.807, 2.05) is 18.8 Å². The fraction of sp³-hybridized carbons (Fsp3) is 1.00. The lowest BCUT2D eigenvalue weighted by molar-refractivity contribution is 0.275. The molecular weight excluding hydrogens is 254 g/mol. The Labute approximate surface area is 110 Å². The largest absolute Gasteiger partial charge is 0.317 e. The van der Waals surface area contributed by atoms with Crippen molar-refractivity contribution in [1.82, 2.24) is 5.32 Å². The summed E-state index contributed by atoms with van der Waals surface area (Å²) in [5.74, 6) is 1.67. The number of nitrogens with one attached hydrogen (secondary N) is 1. The Morgan fingerprint density at radius 3 is 2.65 bits per heavy atom. The number of rotatable bonds is 6. The summed E-state index contributed by atoms with van der Waals surface area (Å²) in [6.07, 6.45) is 8.57. The minimum atomic E-state index is -2.85. The van der Waals surface area contributed by atoms with E-state index in [0.29, 0.717) is 12.0 Å². The molecule has 3 nitrogen and oxygen atoms in total. The molecule has 0 heterocycles. The molecular formula is C12H25NO2S2.